The molecular formula is C5H8F3N. The molecule has 1 rings (SSSR count). The second-order valence-electron chi connectivity index (χ2n) is 2.16. The van der Waals surface area contributed by atoms with Gasteiger partial charge in [0.15, 0.2) is 0 Å². The standard InChI is InChI=1S/C5H8F3N/c6-5(7,8)4-1-2-9-3-4/h4,9H,1-3H2/t4-/m1/s1/i/hD. The highest BCUT2D eigenvalue weighted by atomic mass is 19.4. The van der Waals surface area contributed by atoms with Gasteiger partial charge in [-0.15, -0.1) is 0 Å². The Bertz CT molecular complexity index is 125. The van der Waals surface area contributed by atoms with Gasteiger partial charge in [0.25, 0.3) is 0 Å². The maximum absolute atomic E-state index is 11.8. The maximum atomic E-state index is 11.8. The monoisotopic (exact) mass is 140 g/mol. The molecule has 1 atom stereocenters. The van der Waals surface area contributed by atoms with Crippen molar-refractivity contribution in [2.24, 2.45) is 5.92 Å². The number of hydrogen-bond donors (Lipinski definition) is 1. The second-order valence-corrected chi connectivity index (χ2v) is 2.16. The number of alkyl halides is 3. The van der Waals surface area contributed by atoms with Crippen LogP contribution in [0.3, 0.4) is 0 Å². The van der Waals surface area contributed by atoms with Gasteiger partial charge in [0.1, 0.15) is 1.41 Å². The fraction of sp³-hybridized carbons (Fsp3) is 1.00. The van der Waals surface area contributed by atoms with Crippen LogP contribution in [0.5, 0.6) is 0 Å². The molecule has 1 fully saturated rings. The van der Waals surface area contributed by atoms with Crippen molar-refractivity contribution in [3.05, 3.63) is 0 Å². The van der Waals surface area contributed by atoms with Gasteiger partial charge in [0, 0.05) is 6.54 Å². The maximum Gasteiger partial charge on any atom is 0.393 e. The summed E-state index contributed by atoms with van der Waals surface area (Å²) in [7, 11) is 0. The summed E-state index contributed by atoms with van der Waals surface area (Å²) in [4.78, 5) is 0. The third-order valence-corrected chi connectivity index (χ3v) is 1.45. The van der Waals surface area contributed by atoms with E-state index in [1.165, 1.54) is 0 Å². The summed E-state index contributed by atoms with van der Waals surface area (Å²) in [5.74, 6) is -1.27. The van der Waals surface area contributed by atoms with Gasteiger partial charge in [-0.05, 0) is 13.0 Å². The summed E-state index contributed by atoms with van der Waals surface area (Å²) in [6.45, 7) is 0.0771. The first-order valence-electron chi connectivity index (χ1n) is 3.25. The second kappa shape index (κ2) is 2.17. The molecule has 1 saturated heterocycles. The van der Waals surface area contributed by atoms with Gasteiger partial charge in [-0.25, -0.2) is 0 Å². The summed E-state index contributed by atoms with van der Waals surface area (Å²) in [5, 5.41) is 0.957. The molecule has 0 unspecified atom stereocenters. The molecule has 0 aliphatic carbocycles. The minimum atomic E-state index is -4.10. The Hall–Kier alpha value is -0.250. The lowest BCUT2D eigenvalue weighted by molar-refractivity contribution is -0.168. The van der Waals surface area contributed by atoms with Crippen molar-refractivity contribution in [1.82, 2.24) is 5.31 Å². The van der Waals surface area contributed by atoms with Gasteiger partial charge in [0.05, 0.1) is 5.92 Å². The Labute approximate surface area is 52.7 Å². The number of hydrogen-bond acceptors (Lipinski definition) is 1. The quantitative estimate of drug-likeness (QED) is 0.532. The zero-order chi connectivity index (χ0) is 7.78. The van der Waals surface area contributed by atoms with Crippen LogP contribution in [0.4, 0.5) is 13.2 Å². The van der Waals surface area contributed by atoms with E-state index in [1.54, 1.807) is 0 Å². The summed E-state index contributed by atoms with van der Waals surface area (Å²) in [5.41, 5.74) is 0. The Morgan fingerprint density at radius 2 is 2.22 bits per heavy atom. The number of nitrogens with one attached hydrogen (secondary N) is 1. The van der Waals surface area contributed by atoms with Gasteiger partial charge in [0.2, 0.25) is 0 Å². The predicted molar refractivity (Wildman–Crippen MR) is 27.0 cm³/mol. The van der Waals surface area contributed by atoms with E-state index in [9.17, 15) is 13.2 Å². The van der Waals surface area contributed by atoms with Crippen LogP contribution < -0.4 is 5.31 Å². The molecule has 0 bridgehead atoms. The van der Waals surface area contributed by atoms with Gasteiger partial charge in [-0.3, -0.25) is 0 Å². The molecule has 9 heavy (non-hydrogen) atoms. The van der Waals surface area contributed by atoms with E-state index in [2.05, 4.69) is 0 Å². The Kier molecular flexibility index (Phi) is 1.33. The molecule has 0 aromatic carbocycles. The highest BCUT2D eigenvalue weighted by Gasteiger charge is 2.40. The average molecular weight is 140 g/mol. The van der Waals surface area contributed by atoms with E-state index >= 15 is 0 Å². The van der Waals surface area contributed by atoms with Crippen LogP contribution in [0.15, 0.2) is 0 Å². The van der Waals surface area contributed by atoms with E-state index in [0.29, 0.717) is 0 Å². The molecule has 1 N–H and O–H groups in total. The molecule has 1 aliphatic heterocycles. The summed E-state index contributed by atoms with van der Waals surface area (Å²) in [6.07, 6.45) is -4.03. The van der Waals surface area contributed by atoms with Crippen LogP contribution in [0.25, 0.3) is 0 Å². The van der Waals surface area contributed by atoms with Gasteiger partial charge in [-0.1, -0.05) is 0 Å². The zero-order valence-electron chi connectivity index (χ0n) is 5.78. The molecule has 4 heteroatoms. The molecule has 0 aromatic rings. The predicted octanol–water partition coefficient (Wildman–Crippen LogP) is 1.16. The SMILES string of the molecule is [2H]N1CC[C@@H](C(F)(F)F)C1. The smallest absolute Gasteiger partial charge is 0.316 e. The van der Waals surface area contributed by atoms with Crippen molar-refractivity contribution in [2.75, 3.05) is 13.1 Å². The molecule has 1 aliphatic rings. The van der Waals surface area contributed by atoms with Crippen LogP contribution in [0.1, 0.15) is 6.42 Å². The minimum Gasteiger partial charge on any atom is -0.316 e. The van der Waals surface area contributed by atoms with Crippen molar-refractivity contribution in [3.63, 3.8) is 0 Å². The highest BCUT2D eigenvalue weighted by Crippen LogP contribution is 2.29. The molecule has 0 spiro atoms. The van der Waals surface area contributed by atoms with Crippen LogP contribution in [-0.4, -0.2) is 19.3 Å². The molecule has 0 radical (unpaired) electrons. The molecule has 0 saturated carbocycles. The first-order chi connectivity index (χ1) is 4.50. The Morgan fingerprint density at radius 1 is 1.56 bits per heavy atom. The van der Waals surface area contributed by atoms with E-state index in [4.69, 9.17) is 1.41 Å². The first kappa shape index (κ1) is 5.53. The van der Waals surface area contributed by atoms with E-state index in [0.717, 1.165) is 5.31 Å². The van der Waals surface area contributed by atoms with E-state index in [1.807, 2.05) is 0 Å². The Balaban J connectivity index is 2.45. The normalized spacial score (nSPS) is 32.8. The van der Waals surface area contributed by atoms with Crippen LogP contribution in [0.2, 0.25) is 1.41 Å². The van der Waals surface area contributed by atoms with Crippen molar-refractivity contribution < 1.29 is 14.6 Å². The van der Waals surface area contributed by atoms with Crippen molar-refractivity contribution in [3.8, 4) is 0 Å². The largest absolute Gasteiger partial charge is 0.393 e. The van der Waals surface area contributed by atoms with Crippen LogP contribution in [0, 0.1) is 5.92 Å². The van der Waals surface area contributed by atoms with Gasteiger partial charge >= 0.3 is 6.18 Å². The number of halogens is 3. The molecule has 1 nitrogen and oxygen atoms in total. The fourth-order valence-electron chi connectivity index (χ4n) is 0.853. The van der Waals surface area contributed by atoms with E-state index < -0.39 is 12.1 Å². The van der Waals surface area contributed by atoms with Gasteiger partial charge in [-0.2, -0.15) is 13.2 Å². The highest BCUT2D eigenvalue weighted by molar-refractivity contribution is 4.76. The lowest BCUT2D eigenvalue weighted by Crippen LogP contribution is -2.24. The summed E-state index contributed by atoms with van der Waals surface area (Å²) in [6, 6.07) is 0. The molecule has 0 aromatic heterocycles. The average Bonchev–Trinajstić information content (AvgIpc) is 2.11. The van der Waals surface area contributed by atoms with Crippen LogP contribution in [-0.2, 0) is 0 Å². The van der Waals surface area contributed by atoms with E-state index in [-0.39, 0.29) is 19.5 Å². The lowest BCUT2D eigenvalue weighted by atomic mass is 10.1. The summed E-state index contributed by atoms with van der Waals surface area (Å²) >= 11 is 0. The van der Waals surface area contributed by atoms with Crippen molar-refractivity contribution >= 4 is 0 Å². The van der Waals surface area contributed by atoms with Crippen molar-refractivity contribution in [2.45, 2.75) is 12.6 Å². The number of rotatable bonds is 0. The third kappa shape index (κ3) is 1.58. The van der Waals surface area contributed by atoms with Crippen LogP contribution >= 0.6 is 0 Å². The van der Waals surface area contributed by atoms with Gasteiger partial charge < -0.3 is 5.31 Å². The molecular weight excluding hydrogens is 131 g/mol. The Morgan fingerprint density at radius 3 is 2.44 bits per heavy atom. The zero-order valence-corrected chi connectivity index (χ0v) is 4.78. The fourth-order valence-corrected chi connectivity index (χ4v) is 0.853. The van der Waals surface area contributed by atoms with Crippen molar-refractivity contribution in [1.29, 1.82) is 0 Å². The minimum absolute atomic E-state index is 0.0764. The topological polar surface area (TPSA) is 12.0 Å². The third-order valence-electron chi connectivity index (χ3n) is 1.45. The molecule has 54 valence electrons. The summed E-state index contributed by atoms with van der Waals surface area (Å²) < 4.78 is 42.3. The lowest BCUT2D eigenvalue weighted by Gasteiger charge is -2.11. The molecule has 1 heterocycles. The molecule has 0 amide bonds. The first-order valence-corrected chi connectivity index (χ1v) is 2.80.